The Morgan fingerprint density at radius 3 is 2.59 bits per heavy atom. The van der Waals surface area contributed by atoms with E-state index in [1.807, 2.05) is 12.4 Å². The first kappa shape index (κ1) is 22.6. The van der Waals surface area contributed by atoms with Crippen LogP contribution in [0.15, 0.2) is 30.6 Å². The third-order valence-corrected chi connectivity index (χ3v) is 6.47. The van der Waals surface area contributed by atoms with Crippen molar-refractivity contribution in [2.24, 2.45) is 17.8 Å². The number of carbonyl (C=O) groups is 1. The summed E-state index contributed by atoms with van der Waals surface area (Å²) in [6, 6.07) is 4.65. The largest absolute Gasteiger partial charge is 0.481 e. The molecular weight excluding hydrogens is 413 g/mol. The number of halogens is 1. The smallest absolute Gasteiger partial charge is 0.307 e. The van der Waals surface area contributed by atoms with Crippen LogP contribution in [0.2, 0.25) is 0 Å². The van der Waals surface area contributed by atoms with Gasteiger partial charge < -0.3 is 19.5 Å². The molecule has 2 aromatic rings. The number of aromatic nitrogens is 2. The molecule has 1 aromatic heterocycles. The van der Waals surface area contributed by atoms with E-state index in [4.69, 9.17) is 14.6 Å². The van der Waals surface area contributed by atoms with Gasteiger partial charge in [-0.15, -0.1) is 0 Å². The number of rotatable bonds is 10. The van der Waals surface area contributed by atoms with E-state index >= 15 is 0 Å². The van der Waals surface area contributed by atoms with Gasteiger partial charge in [-0.25, -0.2) is 14.4 Å². The van der Waals surface area contributed by atoms with Gasteiger partial charge >= 0.3 is 5.97 Å². The Morgan fingerprint density at radius 2 is 1.94 bits per heavy atom. The average molecular weight is 444 g/mol. The normalized spacial score (nSPS) is 21.0. The van der Waals surface area contributed by atoms with Crippen LogP contribution in [-0.2, 0) is 33.9 Å². The molecule has 7 nitrogen and oxygen atoms in total. The first-order valence-electron chi connectivity index (χ1n) is 11.1. The number of carboxylic acid groups (broad SMARTS) is 1. The second-order valence-electron chi connectivity index (χ2n) is 8.82. The predicted molar refractivity (Wildman–Crippen MR) is 117 cm³/mol. The van der Waals surface area contributed by atoms with Crippen LogP contribution in [0.25, 0.3) is 0 Å². The van der Waals surface area contributed by atoms with Crippen LogP contribution in [0, 0.1) is 23.6 Å². The molecule has 1 saturated heterocycles. The summed E-state index contributed by atoms with van der Waals surface area (Å²) >= 11 is 0. The molecule has 2 atom stereocenters. The van der Waals surface area contributed by atoms with Crippen LogP contribution >= 0.6 is 0 Å². The minimum absolute atomic E-state index is 0.200. The molecule has 0 bridgehead atoms. The zero-order valence-electron chi connectivity index (χ0n) is 18.4. The summed E-state index contributed by atoms with van der Waals surface area (Å²) in [5.41, 5.74) is 1.91. The second kappa shape index (κ2) is 10.4. The minimum Gasteiger partial charge on any atom is -0.481 e. The van der Waals surface area contributed by atoms with E-state index < -0.39 is 11.8 Å². The number of benzene rings is 1. The number of nitrogens with zero attached hydrogens (tertiary/aromatic N) is 3. The minimum atomic E-state index is -1.04. The lowest BCUT2D eigenvalue weighted by atomic mass is 9.91. The van der Waals surface area contributed by atoms with Crippen molar-refractivity contribution in [3.63, 3.8) is 0 Å². The Bertz CT molecular complexity index is 916. The van der Waals surface area contributed by atoms with Gasteiger partial charge in [0.25, 0.3) is 0 Å². The molecule has 1 unspecified atom stereocenters. The fourth-order valence-corrected chi connectivity index (χ4v) is 4.64. The summed E-state index contributed by atoms with van der Waals surface area (Å²) in [6.07, 6.45) is 6.83. The molecule has 172 valence electrons. The van der Waals surface area contributed by atoms with E-state index in [1.165, 1.54) is 18.6 Å². The van der Waals surface area contributed by atoms with Crippen molar-refractivity contribution < 1.29 is 23.8 Å². The van der Waals surface area contributed by atoms with Crippen molar-refractivity contribution in [1.29, 1.82) is 0 Å². The Hall–Kier alpha value is -2.58. The number of piperidine rings is 1. The summed E-state index contributed by atoms with van der Waals surface area (Å²) in [7, 11) is 1.66. The van der Waals surface area contributed by atoms with E-state index in [0.717, 1.165) is 43.0 Å². The number of aliphatic carboxylic acids is 1. The van der Waals surface area contributed by atoms with Crippen molar-refractivity contribution in [2.75, 3.05) is 31.7 Å². The fraction of sp³-hybridized carbons (Fsp3) is 0.542. The highest BCUT2D eigenvalue weighted by molar-refractivity contribution is 5.70. The Labute approximate surface area is 187 Å². The number of carboxylic acids is 1. The monoisotopic (exact) mass is 443 g/mol. The van der Waals surface area contributed by atoms with E-state index in [2.05, 4.69) is 14.9 Å². The van der Waals surface area contributed by atoms with Crippen molar-refractivity contribution in [1.82, 2.24) is 9.97 Å². The zero-order valence-corrected chi connectivity index (χ0v) is 18.4. The van der Waals surface area contributed by atoms with Gasteiger partial charge in [-0.3, -0.25) is 4.79 Å². The number of ether oxygens (including phenoxy) is 2. The summed E-state index contributed by atoms with van der Waals surface area (Å²) in [6.45, 7) is 3.51. The molecule has 0 spiro atoms. The van der Waals surface area contributed by atoms with Gasteiger partial charge in [0.05, 0.1) is 26.2 Å². The van der Waals surface area contributed by atoms with Crippen molar-refractivity contribution in [3.05, 3.63) is 53.1 Å². The Balaban J connectivity index is 1.17. The molecule has 1 N–H and O–H groups in total. The van der Waals surface area contributed by atoms with Crippen LogP contribution in [0.5, 0.6) is 0 Å². The Morgan fingerprint density at radius 1 is 1.19 bits per heavy atom. The molecule has 1 saturated carbocycles. The SMILES string of the molecule is COCc1cnc(N2CCC(C3C[C@H]3COCc3ccc(CC(=O)O)c(F)c3)CC2)nc1. The van der Waals surface area contributed by atoms with Crippen LogP contribution < -0.4 is 4.90 Å². The highest BCUT2D eigenvalue weighted by Crippen LogP contribution is 2.48. The summed E-state index contributed by atoms with van der Waals surface area (Å²) < 4.78 is 24.9. The molecule has 1 aliphatic carbocycles. The number of hydrogen-bond donors (Lipinski definition) is 1. The standard InChI is InChI=1S/C24H30FN3O4/c1-31-13-17-11-26-24(27-12-17)28-6-4-18(5-7-28)21-9-20(21)15-32-14-16-2-3-19(10-23(29)30)22(25)8-16/h2-3,8,11-12,18,20-21H,4-7,9-10,13-15H2,1H3,(H,29,30)/t20-,21?/m0/s1. The van der Waals surface area contributed by atoms with Gasteiger partial charge in [0.1, 0.15) is 5.82 Å². The van der Waals surface area contributed by atoms with Crippen molar-refractivity contribution >= 4 is 11.9 Å². The number of hydrogen-bond acceptors (Lipinski definition) is 6. The molecular formula is C24H30FN3O4. The number of methoxy groups -OCH3 is 1. The molecule has 8 heteroatoms. The molecule has 0 amide bonds. The van der Waals surface area contributed by atoms with E-state index in [0.29, 0.717) is 37.6 Å². The molecule has 1 aliphatic heterocycles. The van der Waals surface area contributed by atoms with E-state index in [9.17, 15) is 9.18 Å². The lowest BCUT2D eigenvalue weighted by molar-refractivity contribution is -0.136. The first-order valence-corrected chi connectivity index (χ1v) is 11.1. The zero-order chi connectivity index (χ0) is 22.5. The number of anilines is 1. The van der Waals surface area contributed by atoms with E-state index in [1.54, 1.807) is 13.2 Å². The average Bonchev–Trinajstić information content (AvgIpc) is 3.56. The van der Waals surface area contributed by atoms with Crippen molar-refractivity contribution in [3.8, 4) is 0 Å². The third kappa shape index (κ3) is 5.81. The molecule has 32 heavy (non-hydrogen) atoms. The van der Waals surface area contributed by atoms with Crippen LogP contribution in [0.3, 0.4) is 0 Å². The molecule has 0 radical (unpaired) electrons. The topological polar surface area (TPSA) is 84.8 Å². The summed E-state index contributed by atoms with van der Waals surface area (Å²) in [5.74, 6) is 1.26. The quantitative estimate of drug-likeness (QED) is 0.602. The first-order chi connectivity index (χ1) is 15.5. The lowest BCUT2D eigenvalue weighted by Gasteiger charge is -2.32. The maximum atomic E-state index is 14.0. The van der Waals surface area contributed by atoms with Crippen LogP contribution in [-0.4, -0.2) is 47.8 Å². The molecule has 2 fully saturated rings. The van der Waals surface area contributed by atoms with Gasteiger partial charge in [0.15, 0.2) is 0 Å². The maximum absolute atomic E-state index is 14.0. The van der Waals surface area contributed by atoms with Crippen molar-refractivity contribution in [2.45, 2.75) is 38.9 Å². The summed E-state index contributed by atoms with van der Waals surface area (Å²) in [5, 5.41) is 8.80. The van der Waals surface area contributed by atoms with Gasteiger partial charge in [-0.2, -0.15) is 0 Å². The van der Waals surface area contributed by atoms with E-state index in [-0.39, 0.29) is 12.0 Å². The Kier molecular flexibility index (Phi) is 7.32. The molecule has 2 aliphatic rings. The van der Waals surface area contributed by atoms with Gasteiger partial charge in [0, 0.05) is 38.2 Å². The van der Waals surface area contributed by atoms with Gasteiger partial charge in [-0.1, -0.05) is 12.1 Å². The molecule has 1 aromatic carbocycles. The maximum Gasteiger partial charge on any atom is 0.307 e. The molecule has 2 heterocycles. The highest BCUT2D eigenvalue weighted by Gasteiger charge is 2.43. The van der Waals surface area contributed by atoms with Gasteiger partial charge in [0.2, 0.25) is 5.95 Å². The second-order valence-corrected chi connectivity index (χ2v) is 8.82. The third-order valence-electron chi connectivity index (χ3n) is 6.47. The summed E-state index contributed by atoms with van der Waals surface area (Å²) in [4.78, 5) is 21.9. The van der Waals surface area contributed by atoms with Crippen LogP contribution in [0.1, 0.15) is 36.0 Å². The van der Waals surface area contributed by atoms with Crippen LogP contribution in [0.4, 0.5) is 10.3 Å². The fourth-order valence-electron chi connectivity index (χ4n) is 4.64. The lowest BCUT2D eigenvalue weighted by Crippen LogP contribution is -2.35. The molecule has 4 rings (SSSR count). The predicted octanol–water partition coefficient (Wildman–Crippen LogP) is 3.46. The van der Waals surface area contributed by atoms with Gasteiger partial charge in [-0.05, 0) is 54.2 Å². The highest BCUT2D eigenvalue weighted by atomic mass is 19.1.